The summed E-state index contributed by atoms with van der Waals surface area (Å²) in [6.45, 7) is 5.87. The quantitative estimate of drug-likeness (QED) is 0.215. The Balaban J connectivity index is 0.00000225. The van der Waals surface area contributed by atoms with Gasteiger partial charge in [-0.2, -0.15) is 0 Å². The summed E-state index contributed by atoms with van der Waals surface area (Å²) in [5, 5.41) is 6.65. The second-order valence-corrected chi connectivity index (χ2v) is 7.04. The molecule has 0 saturated carbocycles. The van der Waals surface area contributed by atoms with E-state index in [0.29, 0.717) is 5.88 Å². The van der Waals surface area contributed by atoms with Gasteiger partial charge in [-0.25, -0.2) is 9.98 Å². The van der Waals surface area contributed by atoms with Crippen molar-refractivity contribution in [3.63, 3.8) is 0 Å². The molecule has 2 aromatic rings. The molecule has 2 aromatic carbocycles. The fourth-order valence-electron chi connectivity index (χ4n) is 3.43. The van der Waals surface area contributed by atoms with Gasteiger partial charge in [0.05, 0.1) is 11.5 Å². The Hall–Kier alpha value is -2.30. The van der Waals surface area contributed by atoms with Crippen molar-refractivity contribution < 1.29 is 21.8 Å². The molecule has 0 saturated heterocycles. The number of nitrogens with zero attached hydrogens (tertiary/aromatic N) is 1. The highest BCUT2D eigenvalue weighted by atomic mass is 35.5. The van der Waals surface area contributed by atoms with Gasteiger partial charge < -0.3 is 22.1 Å². The van der Waals surface area contributed by atoms with Crippen LogP contribution in [0.25, 0.3) is 33.3 Å². The van der Waals surface area contributed by atoms with E-state index in [1.54, 1.807) is 0 Å². The maximum absolute atomic E-state index is 6.27. The van der Waals surface area contributed by atoms with Crippen molar-refractivity contribution in [3.05, 3.63) is 53.4 Å². The molecular formula is C22H23Cl2N3O. The molecule has 1 heterocycles. The smallest absolute Gasteiger partial charge is 0.210 e. The molecule has 28 heavy (non-hydrogen) atoms. The number of aryl methyl sites for hydroxylation is 1. The molecule has 0 fully saturated rings. The summed E-state index contributed by atoms with van der Waals surface area (Å²) in [5.41, 5.74) is 4.78. The number of nitrogens with one attached hydrogen (secondary N) is 2. The molecular weight excluding hydrogens is 393 g/mol. The van der Waals surface area contributed by atoms with Crippen molar-refractivity contribution in [2.24, 2.45) is 0 Å². The molecule has 0 unspecified atom stereocenters. The average Bonchev–Trinajstić information content (AvgIpc) is 2.68. The van der Waals surface area contributed by atoms with Crippen LogP contribution >= 0.6 is 11.6 Å². The standard InChI is InChI=1S/C22H22ClN3O.ClH/c1-3-24-17-12-20-19(11-14(17)2)26-22-16-8-5-4-7-15(16)18(13-21(22)27-20)25-10-6-9-23;/h4-5,7-8,11-13,24H,3,6,9-10H2,1-2H3;1H. The lowest BCUT2D eigenvalue weighted by Crippen LogP contribution is -3.00. The minimum absolute atomic E-state index is 0. The van der Waals surface area contributed by atoms with Crippen molar-refractivity contribution in [2.45, 2.75) is 20.3 Å². The maximum atomic E-state index is 6.27. The minimum Gasteiger partial charge on any atom is -1.00 e. The number of rotatable bonds is 5. The number of aromatic nitrogens is 1. The molecule has 1 aliphatic heterocycles. The first kappa shape index (κ1) is 20.4. The van der Waals surface area contributed by atoms with Crippen LogP contribution in [0.1, 0.15) is 18.9 Å². The van der Waals surface area contributed by atoms with Crippen LogP contribution in [0.5, 0.6) is 0 Å². The molecule has 4 rings (SSSR count). The van der Waals surface area contributed by atoms with Gasteiger partial charge in [0.15, 0.2) is 11.3 Å². The van der Waals surface area contributed by atoms with E-state index < -0.39 is 0 Å². The predicted molar refractivity (Wildman–Crippen MR) is 111 cm³/mol. The predicted octanol–water partition coefficient (Wildman–Crippen LogP) is 0.440. The molecule has 146 valence electrons. The average molecular weight is 416 g/mol. The summed E-state index contributed by atoms with van der Waals surface area (Å²) in [4.78, 5) is 8.42. The molecule has 0 radical (unpaired) electrons. The van der Waals surface area contributed by atoms with Gasteiger partial charge >= 0.3 is 0 Å². The summed E-state index contributed by atoms with van der Waals surface area (Å²) in [7, 11) is 0. The van der Waals surface area contributed by atoms with Gasteiger partial charge in [-0.15, -0.1) is 11.6 Å². The third-order valence-electron chi connectivity index (χ3n) is 4.73. The molecule has 0 bridgehead atoms. The highest BCUT2D eigenvalue weighted by molar-refractivity contribution is 6.17. The van der Waals surface area contributed by atoms with Gasteiger partial charge in [0.1, 0.15) is 17.8 Å². The highest BCUT2D eigenvalue weighted by Gasteiger charge is 2.17. The van der Waals surface area contributed by atoms with Gasteiger partial charge in [-0.1, -0.05) is 18.2 Å². The lowest BCUT2D eigenvalue weighted by molar-refractivity contribution is -0.498. The number of halogens is 2. The van der Waals surface area contributed by atoms with E-state index in [2.05, 4.69) is 42.4 Å². The van der Waals surface area contributed by atoms with Gasteiger partial charge in [-0.05, 0) is 31.5 Å². The number of fused-ring (bicyclic) bond motifs is 4. The van der Waals surface area contributed by atoms with E-state index in [1.165, 1.54) is 0 Å². The van der Waals surface area contributed by atoms with Gasteiger partial charge in [0.25, 0.3) is 0 Å². The Morgan fingerprint density at radius 1 is 1.14 bits per heavy atom. The Morgan fingerprint density at radius 2 is 1.93 bits per heavy atom. The Kier molecular flexibility index (Phi) is 6.42. The maximum Gasteiger partial charge on any atom is 0.210 e. The zero-order valence-corrected chi connectivity index (χ0v) is 17.5. The summed E-state index contributed by atoms with van der Waals surface area (Å²) < 4.78 is 6.27. The molecule has 4 nitrogen and oxygen atoms in total. The third-order valence-corrected chi connectivity index (χ3v) is 5.00. The van der Waals surface area contributed by atoms with Crippen LogP contribution in [0.4, 0.5) is 5.69 Å². The second kappa shape index (κ2) is 8.80. The number of anilines is 1. The van der Waals surface area contributed by atoms with Crippen LogP contribution in [0.15, 0.2) is 46.9 Å². The molecule has 2 aliphatic rings. The molecule has 2 N–H and O–H groups in total. The van der Waals surface area contributed by atoms with Crippen LogP contribution in [-0.2, 0) is 0 Å². The van der Waals surface area contributed by atoms with Gasteiger partial charge in [0.2, 0.25) is 5.36 Å². The first-order valence-electron chi connectivity index (χ1n) is 9.35. The minimum atomic E-state index is 0. The van der Waals surface area contributed by atoms with Gasteiger partial charge in [-0.3, -0.25) is 0 Å². The molecule has 0 aromatic heterocycles. The zero-order chi connectivity index (χ0) is 18.8. The Bertz CT molecular complexity index is 1150. The van der Waals surface area contributed by atoms with Gasteiger partial charge in [0, 0.05) is 36.0 Å². The number of benzene rings is 3. The van der Waals surface area contributed by atoms with Crippen LogP contribution < -0.4 is 28.1 Å². The fourth-order valence-corrected chi connectivity index (χ4v) is 3.56. The molecule has 0 spiro atoms. The molecule has 1 aliphatic carbocycles. The SMILES string of the molecule is CCNc1cc2oc3cc(=[NH+]CCCCl)c4ccccc4c-3nc2cc1C.[Cl-]. The summed E-state index contributed by atoms with van der Waals surface area (Å²) in [6.07, 6.45) is 0.909. The van der Waals surface area contributed by atoms with Crippen LogP contribution in [0.2, 0.25) is 0 Å². The van der Waals surface area contributed by atoms with Crippen LogP contribution in [0, 0.1) is 6.92 Å². The van der Waals surface area contributed by atoms with Crippen molar-refractivity contribution in [1.29, 1.82) is 0 Å². The van der Waals surface area contributed by atoms with Crippen LogP contribution in [0.3, 0.4) is 0 Å². The van der Waals surface area contributed by atoms with Crippen molar-refractivity contribution >= 4 is 39.2 Å². The number of hydrogen-bond acceptors (Lipinski definition) is 3. The summed E-state index contributed by atoms with van der Waals surface area (Å²) >= 11 is 5.83. The second-order valence-electron chi connectivity index (χ2n) is 6.66. The van der Waals surface area contributed by atoms with Crippen molar-refractivity contribution in [2.75, 3.05) is 24.3 Å². The van der Waals surface area contributed by atoms with E-state index in [1.807, 2.05) is 24.3 Å². The largest absolute Gasteiger partial charge is 1.00 e. The van der Waals surface area contributed by atoms with E-state index in [4.69, 9.17) is 21.0 Å². The highest BCUT2D eigenvalue weighted by Crippen LogP contribution is 2.31. The molecule has 6 heteroatoms. The lowest BCUT2D eigenvalue weighted by atomic mass is 10.0. The first-order chi connectivity index (χ1) is 13.2. The molecule has 0 atom stereocenters. The lowest BCUT2D eigenvalue weighted by Gasteiger charge is -2.12. The fraction of sp³-hybridized carbons (Fsp3) is 0.273. The molecule has 0 amide bonds. The normalized spacial score (nSPS) is 11.9. The zero-order valence-electron chi connectivity index (χ0n) is 16.0. The monoisotopic (exact) mass is 415 g/mol. The third kappa shape index (κ3) is 3.80. The van der Waals surface area contributed by atoms with Crippen LogP contribution in [-0.4, -0.2) is 24.0 Å². The summed E-state index contributed by atoms with van der Waals surface area (Å²) in [6, 6.07) is 14.5. The van der Waals surface area contributed by atoms with Crippen molar-refractivity contribution in [1.82, 2.24) is 4.98 Å². The Morgan fingerprint density at radius 3 is 2.68 bits per heavy atom. The topological polar surface area (TPSA) is 52.0 Å². The van der Waals surface area contributed by atoms with Crippen molar-refractivity contribution in [3.8, 4) is 11.5 Å². The van der Waals surface area contributed by atoms with E-state index in [0.717, 1.165) is 69.4 Å². The van der Waals surface area contributed by atoms with E-state index in [9.17, 15) is 0 Å². The van der Waals surface area contributed by atoms with E-state index >= 15 is 0 Å². The first-order valence-corrected chi connectivity index (χ1v) is 9.88. The number of hydrogen-bond donors (Lipinski definition) is 2. The number of alkyl halides is 1. The van der Waals surface area contributed by atoms with E-state index in [-0.39, 0.29) is 12.4 Å². The summed E-state index contributed by atoms with van der Waals surface area (Å²) in [5.74, 6) is 1.42. The Labute approximate surface area is 175 Å².